The molecule has 0 unspecified atom stereocenters. The van der Waals surface area contributed by atoms with Gasteiger partial charge in [-0.05, 0) is 37.9 Å². The van der Waals surface area contributed by atoms with E-state index in [-0.39, 0.29) is 17.9 Å². The Morgan fingerprint density at radius 1 is 1.53 bits per heavy atom. The van der Waals surface area contributed by atoms with Gasteiger partial charge >= 0.3 is 0 Å². The van der Waals surface area contributed by atoms with Crippen LogP contribution in [0.5, 0.6) is 0 Å². The van der Waals surface area contributed by atoms with E-state index in [1.807, 2.05) is 13.8 Å². The molecule has 3 nitrogen and oxygen atoms in total. The number of aliphatic hydroxyl groups is 1. The molecule has 1 fully saturated rings. The van der Waals surface area contributed by atoms with Gasteiger partial charge in [-0.1, -0.05) is 0 Å². The van der Waals surface area contributed by atoms with Crippen molar-refractivity contribution in [3.05, 3.63) is 0 Å². The molecular formula is C11H21NO2S. The highest BCUT2D eigenvalue weighted by atomic mass is 32.1. The number of hydrogen-bond acceptors (Lipinski definition) is 3. The summed E-state index contributed by atoms with van der Waals surface area (Å²) in [4.78, 5) is 13.6. The second-order valence-corrected chi connectivity index (χ2v) is 5.57. The molecule has 0 aromatic heterocycles. The zero-order valence-corrected chi connectivity index (χ0v) is 10.7. The molecule has 0 heterocycles. The Morgan fingerprint density at radius 3 is 2.40 bits per heavy atom. The molecule has 15 heavy (non-hydrogen) atoms. The molecule has 0 aromatic carbocycles. The average Bonchev–Trinajstić information content (AvgIpc) is 2.97. The lowest BCUT2D eigenvalue weighted by atomic mass is 10.0. The van der Waals surface area contributed by atoms with Gasteiger partial charge < -0.3 is 10.0 Å². The first-order chi connectivity index (χ1) is 6.87. The third-order valence-corrected chi connectivity index (χ3v) is 4.16. The number of rotatable bonds is 5. The van der Waals surface area contributed by atoms with Crippen LogP contribution in [0.1, 0.15) is 33.1 Å². The number of carbonyl (C=O) groups excluding carboxylic acids is 1. The number of aliphatic hydroxyl groups excluding tert-OH is 1. The molecule has 0 aliphatic heterocycles. The van der Waals surface area contributed by atoms with Crippen LogP contribution >= 0.6 is 12.6 Å². The van der Waals surface area contributed by atoms with Gasteiger partial charge in [0, 0.05) is 13.5 Å². The van der Waals surface area contributed by atoms with Crippen molar-refractivity contribution in [1.82, 2.24) is 4.90 Å². The Hall–Kier alpha value is -0.220. The van der Waals surface area contributed by atoms with Crippen molar-refractivity contribution in [3.63, 3.8) is 0 Å². The van der Waals surface area contributed by atoms with E-state index in [4.69, 9.17) is 0 Å². The first-order valence-electron chi connectivity index (χ1n) is 5.35. The van der Waals surface area contributed by atoms with Crippen molar-refractivity contribution in [1.29, 1.82) is 0 Å². The summed E-state index contributed by atoms with van der Waals surface area (Å²) in [5.74, 6) is 0.896. The Morgan fingerprint density at radius 2 is 2.07 bits per heavy atom. The van der Waals surface area contributed by atoms with Gasteiger partial charge in [0.2, 0.25) is 5.91 Å². The molecule has 0 radical (unpaired) electrons. The van der Waals surface area contributed by atoms with Crippen LogP contribution in [0.3, 0.4) is 0 Å². The maximum Gasteiger partial charge on any atom is 0.223 e. The van der Waals surface area contributed by atoms with Crippen LogP contribution in [0.25, 0.3) is 0 Å². The highest BCUT2D eigenvalue weighted by molar-refractivity contribution is 7.80. The van der Waals surface area contributed by atoms with Gasteiger partial charge in [-0.3, -0.25) is 4.79 Å². The maximum absolute atomic E-state index is 11.9. The van der Waals surface area contributed by atoms with Gasteiger partial charge in [-0.2, -0.15) is 12.6 Å². The minimum atomic E-state index is -0.468. The largest absolute Gasteiger partial charge is 0.394 e. The second-order valence-electron chi connectivity index (χ2n) is 5.26. The molecule has 0 bridgehead atoms. The molecule has 1 amide bonds. The van der Waals surface area contributed by atoms with E-state index in [0.717, 1.165) is 18.6 Å². The first kappa shape index (κ1) is 12.8. The minimum Gasteiger partial charge on any atom is -0.394 e. The van der Waals surface area contributed by atoms with Crippen molar-refractivity contribution in [3.8, 4) is 0 Å². The Balaban J connectivity index is 2.54. The van der Waals surface area contributed by atoms with Crippen LogP contribution in [-0.4, -0.2) is 40.9 Å². The zero-order valence-electron chi connectivity index (χ0n) is 9.79. The van der Waals surface area contributed by atoms with Gasteiger partial charge in [0.15, 0.2) is 0 Å². The summed E-state index contributed by atoms with van der Waals surface area (Å²) in [6, 6.07) is 0. The van der Waals surface area contributed by atoms with Crippen LogP contribution in [0, 0.1) is 5.41 Å². The van der Waals surface area contributed by atoms with Crippen LogP contribution < -0.4 is 0 Å². The van der Waals surface area contributed by atoms with Gasteiger partial charge in [0.1, 0.15) is 0 Å². The maximum atomic E-state index is 11.9. The molecule has 88 valence electrons. The number of hydrogen-bond donors (Lipinski definition) is 2. The average molecular weight is 231 g/mol. The molecule has 0 spiro atoms. The fourth-order valence-corrected chi connectivity index (χ4v) is 1.88. The SMILES string of the molecule is CN(C(=O)CC1(CS)CC1)C(C)(C)CO. The monoisotopic (exact) mass is 231 g/mol. The van der Waals surface area contributed by atoms with E-state index >= 15 is 0 Å². The molecule has 1 aliphatic carbocycles. The number of thiol groups is 1. The van der Waals surface area contributed by atoms with Gasteiger partial charge in [-0.25, -0.2) is 0 Å². The molecule has 1 saturated carbocycles. The number of nitrogens with zero attached hydrogens (tertiary/aromatic N) is 1. The normalized spacial score (nSPS) is 18.7. The lowest BCUT2D eigenvalue weighted by molar-refractivity contribution is -0.137. The molecule has 0 aromatic rings. The molecule has 1 rings (SSSR count). The number of likely N-dealkylation sites (N-methyl/N-ethyl adjacent to an activating group) is 1. The summed E-state index contributed by atoms with van der Waals surface area (Å²) in [6.07, 6.45) is 2.78. The van der Waals surface area contributed by atoms with E-state index in [1.54, 1.807) is 11.9 Å². The van der Waals surface area contributed by atoms with Crippen LogP contribution in [-0.2, 0) is 4.79 Å². The Labute approximate surface area is 97.3 Å². The Kier molecular flexibility index (Phi) is 3.71. The molecular weight excluding hydrogens is 210 g/mol. The smallest absolute Gasteiger partial charge is 0.223 e. The van der Waals surface area contributed by atoms with Crippen LogP contribution in [0.4, 0.5) is 0 Å². The van der Waals surface area contributed by atoms with Crippen molar-refractivity contribution in [2.45, 2.75) is 38.6 Å². The number of amides is 1. The van der Waals surface area contributed by atoms with Crippen molar-refractivity contribution in [2.75, 3.05) is 19.4 Å². The van der Waals surface area contributed by atoms with Crippen molar-refractivity contribution in [2.24, 2.45) is 5.41 Å². The predicted octanol–water partition coefficient (Wildman–Crippen LogP) is 1.32. The van der Waals surface area contributed by atoms with E-state index < -0.39 is 5.54 Å². The van der Waals surface area contributed by atoms with Gasteiger partial charge in [0.25, 0.3) is 0 Å². The molecule has 0 atom stereocenters. The highest BCUT2D eigenvalue weighted by Gasteiger charge is 2.44. The second kappa shape index (κ2) is 4.34. The summed E-state index contributed by atoms with van der Waals surface area (Å²) in [5.41, 5.74) is -0.316. The van der Waals surface area contributed by atoms with Crippen molar-refractivity contribution >= 4 is 18.5 Å². The lowest BCUT2D eigenvalue weighted by Gasteiger charge is -2.34. The lowest BCUT2D eigenvalue weighted by Crippen LogP contribution is -2.48. The minimum absolute atomic E-state index is 0.0108. The summed E-state index contributed by atoms with van der Waals surface area (Å²) >= 11 is 4.28. The fourth-order valence-electron chi connectivity index (χ4n) is 1.45. The number of carbonyl (C=O) groups is 1. The molecule has 1 aliphatic rings. The molecule has 4 heteroatoms. The summed E-state index contributed by atoms with van der Waals surface area (Å²) in [6.45, 7) is 3.72. The summed E-state index contributed by atoms with van der Waals surface area (Å²) in [5, 5.41) is 9.18. The summed E-state index contributed by atoms with van der Waals surface area (Å²) in [7, 11) is 1.76. The molecule has 1 N–H and O–H groups in total. The van der Waals surface area contributed by atoms with Crippen molar-refractivity contribution < 1.29 is 9.90 Å². The third kappa shape index (κ3) is 2.88. The highest BCUT2D eigenvalue weighted by Crippen LogP contribution is 2.50. The predicted molar refractivity (Wildman–Crippen MR) is 64.1 cm³/mol. The first-order valence-corrected chi connectivity index (χ1v) is 5.98. The van der Waals surface area contributed by atoms with Crippen LogP contribution in [0.15, 0.2) is 0 Å². The molecule has 0 saturated heterocycles. The summed E-state index contributed by atoms with van der Waals surface area (Å²) < 4.78 is 0. The van der Waals surface area contributed by atoms with Gasteiger partial charge in [0.05, 0.1) is 12.1 Å². The standard InChI is InChI=1S/C11H21NO2S/c1-10(2,7-13)12(3)9(14)6-11(8-15)4-5-11/h13,15H,4-8H2,1-3H3. The van der Waals surface area contributed by atoms with E-state index in [9.17, 15) is 9.90 Å². The topological polar surface area (TPSA) is 40.5 Å². The van der Waals surface area contributed by atoms with Crippen LogP contribution in [0.2, 0.25) is 0 Å². The fraction of sp³-hybridized carbons (Fsp3) is 0.909. The van der Waals surface area contributed by atoms with E-state index in [2.05, 4.69) is 12.6 Å². The zero-order chi connectivity index (χ0) is 11.7. The Bertz CT molecular complexity index is 249. The van der Waals surface area contributed by atoms with E-state index in [1.165, 1.54) is 0 Å². The third-order valence-electron chi connectivity index (χ3n) is 3.49. The van der Waals surface area contributed by atoms with Gasteiger partial charge in [-0.15, -0.1) is 0 Å². The van der Waals surface area contributed by atoms with E-state index in [0.29, 0.717) is 6.42 Å². The quantitative estimate of drug-likeness (QED) is 0.701.